The average Bonchev–Trinajstić information content (AvgIpc) is 2.72. The van der Waals surface area contributed by atoms with Crippen molar-refractivity contribution in [1.82, 2.24) is 0 Å². The average molecular weight is 299 g/mol. The number of hydrogen-bond donors (Lipinski definition) is 1. The molecule has 0 aliphatic carbocycles. The highest BCUT2D eigenvalue weighted by Gasteiger charge is 2.33. The van der Waals surface area contributed by atoms with Gasteiger partial charge in [-0.3, -0.25) is 0 Å². The molecule has 0 amide bonds. The summed E-state index contributed by atoms with van der Waals surface area (Å²) in [6.07, 6.45) is 1.08. The second-order valence-electron chi connectivity index (χ2n) is 5.34. The summed E-state index contributed by atoms with van der Waals surface area (Å²) in [6.45, 7) is 3.91. The molecule has 0 bridgehead atoms. The third-order valence-electron chi connectivity index (χ3n) is 4.03. The van der Waals surface area contributed by atoms with Gasteiger partial charge in [0.25, 0.3) is 0 Å². The third-order valence-corrected chi connectivity index (χ3v) is 4.35. The van der Waals surface area contributed by atoms with Gasteiger partial charge in [0, 0.05) is 30.6 Å². The first-order valence-corrected chi connectivity index (χ1v) is 7.43. The molecule has 3 rings (SSSR count). The van der Waals surface area contributed by atoms with Gasteiger partial charge in [0.05, 0.1) is 30.4 Å². The van der Waals surface area contributed by atoms with E-state index < -0.39 is 6.10 Å². The number of rotatable bonds is 2. The number of benzene rings is 1. The molecule has 0 saturated carbocycles. The summed E-state index contributed by atoms with van der Waals surface area (Å²) in [7, 11) is 0. The summed E-state index contributed by atoms with van der Waals surface area (Å²) in [5.41, 5.74) is 0.693. The van der Waals surface area contributed by atoms with Gasteiger partial charge in [-0.25, -0.2) is 0 Å². The van der Waals surface area contributed by atoms with Crippen LogP contribution in [0.15, 0.2) is 12.1 Å². The van der Waals surface area contributed by atoms with Crippen molar-refractivity contribution in [3.8, 4) is 11.5 Å². The number of fused-ring (bicyclic) bond motifs is 1. The van der Waals surface area contributed by atoms with Crippen molar-refractivity contribution in [3.63, 3.8) is 0 Å². The van der Waals surface area contributed by atoms with Gasteiger partial charge >= 0.3 is 0 Å². The summed E-state index contributed by atoms with van der Waals surface area (Å²) in [5, 5.41) is 11.1. The standard InChI is InChI=1S/C15H19ClO4/c1-9-10(3-6-18-9)15(17)11-7-13-14(8-12(11)16)20-5-2-4-19-13/h7-10,15,17H,2-6H2,1H3. The third kappa shape index (κ3) is 2.60. The molecule has 4 nitrogen and oxygen atoms in total. The molecule has 0 aromatic heterocycles. The molecule has 2 aliphatic heterocycles. The maximum atomic E-state index is 10.6. The van der Waals surface area contributed by atoms with Crippen molar-refractivity contribution in [2.24, 2.45) is 5.92 Å². The van der Waals surface area contributed by atoms with E-state index in [4.69, 9.17) is 25.8 Å². The Morgan fingerprint density at radius 3 is 2.55 bits per heavy atom. The van der Waals surface area contributed by atoms with Crippen LogP contribution in [0.1, 0.15) is 31.4 Å². The Labute approximate surface area is 123 Å². The lowest BCUT2D eigenvalue weighted by Crippen LogP contribution is -2.20. The van der Waals surface area contributed by atoms with Gasteiger partial charge in [-0.1, -0.05) is 11.6 Å². The monoisotopic (exact) mass is 298 g/mol. The molecule has 1 saturated heterocycles. The molecule has 0 radical (unpaired) electrons. The van der Waals surface area contributed by atoms with Crippen LogP contribution in [0.3, 0.4) is 0 Å². The van der Waals surface area contributed by atoms with E-state index in [1.807, 2.05) is 6.92 Å². The number of aliphatic hydroxyl groups excluding tert-OH is 1. The number of ether oxygens (including phenoxy) is 3. The Morgan fingerprint density at radius 2 is 1.90 bits per heavy atom. The second-order valence-corrected chi connectivity index (χ2v) is 5.75. The van der Waals surface area contributed by atoms with Gasteiger partial charge in [0.1, 0.15) is 0 Å². The van der Waals surface area contributed by atoms with E-state index in [9.17, 15) is 5.11 Å². The first-order valence-electron chi connectivity index (χ1n) is 7.05. The van der Waals surface area contributed by atoms with E-state index in [0.717, 1.165) is 12.8 Å². The molecule has 20 heavy (non-hydrogen) atoms. The second kappa shape index (κ2) is 5.80. The van der Waals surface area contributed by atoms with E-state index in [-0.39, 0.29) is 12.0 Å². The molecule has 3 unspecified atom stereocenters. The largest absolute Gasteiger partial charge is 0.490 e. The van der Waals surface area contributed by atoms with Crippen LogP contribution >= 0.6 is 11.6 Å². The highest BCUT2D eigenvalue weighted by atomic mass is 35.5. The quantitative estimate of drug-likeness (QED) is 0.912. The SMILES string of the molecule is CC1OCCC1C(O)c1cc2c(cc1Cl)OCCCO2. The zero-order valence-electron chi connectivity index (χ0n) is 11.5. The van der Waals surface area contributed by atoms with Crippen LogP contribution in [0, 0.1) is 5.92 Å². The van der Waals surface area contributed by atoms with Gasteiger partial charge < -0.3 is 19.3 Å². The molecule has 110 valence electrons. The summed E-state index contributed by atoms with van der Waals surface area (Å²) in [6, 6.07) is 3.54. The topological polar surface area (TPSA) is 47.9 Å². The summed E-state index contributed by atoms with van der Waals surface area (Å²) in [4.78, 5) is 0. The van der Waals surface area contributed by atoms with Gasteiger partial charge in [-0.2, -0.15) is 0 Å². The number of hydrogen-bond acceptors (Lipinski definition) is 4. The highest BCUT2D eigenvalue weighted by Crippen LogP contribution is 2.41. The van der Waals surface area contributed by atoms with Gasteiger partial charge in [-0.05, 0) is 19.4 Å². The summed E-state index contributed by atoms with van der Waals surface area (Å²) >= 11 is 6.30. The van der Waals surface area contributed by atoms with Crippen molar-refractivity contribution in [1.29, 1.82) is 0 Å². The van der Waals surface area contributed by atoms with E-state index in [1.54, 1.807) is 12.1 Å². The molecule has 5 heteroatoms. The Bertz CT molecular complexity index is 491. The van der Waals surface area contributed by atoms with Gasteiger partial charge in [0.2, 0.25) is 0 Å². The van der Waals surface area contributed by atoms with Crippen LogP contribution in [0.4, 0.5) is 0 Å². The predicted molar refractivity (Wildman–Crippen MR) is 75.5 cm³/mol. The van der Waals surface area contributed by atoms with E-state index in [0.29, 0.717) is 41.9 Å². The molecule has 1 fully saturated rings. The Kier molecular flexibility index (Phi) is 4.06. The fourth-order valence-electron chi connectivity index (χ4n) is 2.82. The smallest absolute Gasteiger partial charge is 0.162 e. The molecule has 0 spiro atoms. The van der Waals surface area contributed by atoms with Crippen LogP contribution in [0.25, 0.3) is 0 Å². The Hall–Kier alpha value is -0.970. The van der Waals surface area contributed by atoms with Crippen molar-refractivity contribution in [3.05, 3.63) is 22.7 Å². The lowest BCUT2D eigenvalue weighted by molar-refractivity contribution is 0.0430. The minimum absolute atomic E-state index is 0.0389. The molecule has 1 aromatic carbocycles. The molecular formula is C15H19ClO4. The number of aliphatic hydroxyl groups is 1. The van der Waals surface area contributed by atoms with E-state index >= 15 is 0 Å². The van der Waals surface area contributed by atoms with Gasteiger partial charge in [-0.15, -0.1) is 0 Å². The molecule has 2 heterocycles. The fourth-order valence-corrected chi connectivity index (χ4v) is 3.09. The lowest BCUT2D eigenvalue weighted by Gasteiger charge is -2.23. The zero-order valence-corrected chi connectivity index (χ0v) is 12.2. The minimum atomic E-state index is -0.642. The maximum Gasteiger partial charge on any atom is 0.162 e. The molecule has 1 N–H and O–H groups in total. The van der Waals surface area contributed by atoms with Crippen molar-refractivity contribution in [2.75, 3.05) is 19.8 Å². The Morgan fingerprint density at radius 1 is 1.20 bits per heavy atom. The van der Waals surface area contributed by atoms with Crippen molar-refractivity contribution < 1.29 is 19.3 Å². The first-order chi connectivity index (χ1) is 9.66. The number of halogens is 1. The summed E-state index contributed by atoms with van der Waals surface area (Å²) in [5.74, 6) is 1.38. The maximum absolute atomic E-state index is 10.6. The lowest BCUT2D eigenvalue weighted by atomic mass is 9.90. The van der Waals surface area contributed by atoms with E-state index in [1.165, 1.54) is 0 Å². The predicted octanol–water partition coefficient (Wildman–Crippen LogP) is 2.96. The van der Waals surface area contributed by atoms with Crippen molar-refractivity contribution in [2.45, 2.75) is 32.0 Å². The van der Waals surface area contributed by atoms with E-state index in [2.05, 4.69) is 0 Å². The van der Waals surface area contributed by atoms with Crippen LogP contribution in [0.5, 0.6) is 11.5 Å². The van der Waals surface area contributed by atoms with Crippen LogP contribution in [-0.2, 0) is 4.74 Å². The fraction of sp³-hybridized carbons (Fsp3) is 0.600. The van der Waals surface area contributed by atoms with Crippen LogP contribution < -0.4 is 9.47 Å². The van der Waals surface area contributed by atoms with Crippen molar-refractivity contribution >= 4 is 11.6 Å². The minimum Gasteiger partial charge on any atom is -0.490 e. The first kappa shape index (κ1) is 14.0. The molecular weight excluding hydrogens is 280 g/mol. The van der Waals surface area contributed by atoms with Gasteiger partial charge in [0.15, 0.2) is 11.5 Å². The summed E-state index contributed by atoms with van der Waals surface area (Å²) < 4.78 is 16.8. The van der Waals surface area contributed by atoms with Crippen LogP contribution in [0.2, 0.25) is 5.02 Å². The zero-order chi connectivity index (χ0) is 14.1. The Balaban J connectivity index is 1.91. The normalized spacial score (nSPS) is 27.1. The molecule has 3 atom stereocenters. The van der Waals surface area contributed by atoms with Crippen LogP contribution in [-0.4, -0.2) is 31.0 Å². The molecule has 2 aliphatic rings. The highest BCUT2D eigenvalue weighted by molar-refractivity contribution is 6.31. The molecule has 1 aromatic rings.